The molecule has 0 aliphatic heterocycles. The van der Waals surface area contributed by atoms with Crippen LogP contribution in [0.1, 0.15) is 38.3 Å². The molecule has 20 heavy (non-hydrogen) atoms. The van der Waals surface area contributed by atoms with Crippen molar-refractivity contribution in [1.82, 2.24) is 5.32 Å². The molecule has 1 rings (SSSR count). The Labute approximate surface area is 121 Å². The van der Waals surface area contributed by atoms with Crippen molar-refractivity contribution in [3.05, 3.63) is 29.3 Å². The molecule has 0 saturated carbocycles. The molecular weight excluding hydrogens is 252 g/mol. The second-order valence-electron chi connectivity index (χ2n) is 6.40. The Morgan fingerprint density at radius 1 is 1.25 bits per heavy atom. The minimum atomic E-state index is -0.366. The summed E-state index contributed by atoms with van der Waals surface area (Å²) in [6, 6.07) is 5.73. The maximum Gasteiger partial charge on any atom is 0.319 e. The smallest absolute Gasteiger partial charge is 0.319 e. The number of amides is 2. The monoisotopic (exact) mass is 278 g/mol. The van der Waals surface area contributed by atoms with Gasteiger partial charge in [0.25, 0.3) is 0 Å². The summed E-state index contributed by atoms with van der Waals surface area (Å²) in [6.07, 6.45) is 0.283. The van der Waals surface area contributed by atoms with E-state index in [1.54, 1.807) is 6.92 Å². The third kappa shape index (κ3) is 6.06. The Balaban J connectivity index is 2.51. The summed E-state index contributed by atoms with van der Waals surface area (Å²) in [5.74, 6) is 0. The maximum atomic E-state index is 11.9. The molecule has 0 aliphatic rings. The van der Waals surface area contributed by atoms with Gasteiger partial charge in [0.2, 0.25) is 0 Å². The molecule has 3 N–H and O–H groups in total. The fraction of sp³-hybridized carbons (Fsp3) is 0.562. The summed E-state index contributed by atoms with van der Waals surface area (Å²) in [6.45, 7) is 10.3. The number of anilines is 1. The minimum absolute atomic E-state index is 0.131. The van der Waals surface area contributed by atoms with Crippen molar-refractivity contribution in [1.29, 1.82) is 0 Å². The molecule has 1 aromatic carbocycles. The van der Waals surface area contributed by atoms with Crippen molar-refractivity contribution < 1.29 is 9.90 Å². The fourth-order valence-corrected chi connectivity index (χ4v) is 2.41. The van der Waals surface area contributed by atoms with Crippen molar-refractivity contribution in [3.8, 4) is 0 Å². The largest absolute Gasteiger partial charge is 0.393 e. The van der Waals surface area contributed by atoms with Crippen LogP contribution < -0.4 is 10.6 Å². The van der Waals surface area contributed by atoms with E-state index in [1.165, 1.54) is 0 Å². The van der Waals surface area contributed by atoms with Gasteiger partial charge in [-0.15, -0.1) is 0 Å². The first-order chi connectivity index (χ1) is 9.18. The Hall–Kier alpha value is -1.55. The third-order valence-electron chi connectivity index (χ3n) is 3.06. The van der Waals surface area contributed by atoms with Gasteiger partial charge in [0, 0.05) is 12.2 Å². The molecule has 4 nitrogen and oxygen atoms in total. The molecule has 0 heterocycles. The number of benzene rings is 1. The molecule has 4 heteroatoms. The van der Waals surface area contributed by atoms with Crippen molar-refractivity contribution in [2.24, 2.45) is 5.41 Å². The molecular formula is C16H26N2O2. The van der Waals surface area contributed by atoms with E-state index in [0.29, 0.717) is 13.0 Å². The van der Waals surface area contributed by atoms with Gasteiger partial charge in [0.1, 0.15) is 0 Å². The summed E-state index contributed by atoms with van der Waals surface area (Å²) >= 11 is 0. The average molecular weight is 278 g/mol. The summed E-state index contributed by atoms with van der Waals surface area (Å²) in [5.41, 5.74) is 2.91. The number of hydrogen-bond acceptors (Lipinski definition) is 2. The molecule has 2 amide bonds. The topological polar surface area (TPSA) is 61.4 Å². The lowest BCUT2D eigenvalue weighted by Crippen LogP contribution is -2.38. The van der Waals surface area contributed by atoms with Gasteiger partial charge in [0.15, 0.2) is 0 Å². The van der Waals surface area contributed by atoms with Crippen molar-refractivity contribution in [3.63, 3.8) is 0 Å². The van der Waals surface area contributed by atoms with Crippen molar-refractivity contribution in [2.45, 2.75) is 47.1 Å². The van der Waals surface area contributed by atoms with Crippen LogP contribution in [0.3, 0.4) is 0 Å². The highest BCUT2D eigenvalue weighted by atomic mass is 16.3. The van der Waals surface area contributed by atoms with Crippen LogP contribution in [0.5, 0.6) is 0 Å². The molecule has 112 valence electrons. The van der Waals surface area contributed by atoms with Gasteiger partial charge in [-0.2, -0.15) is 0 Å². The van der Waals surface area contributed by atoms with Crippen molar-refractivity contribution in [2.75, 3.05) is 11.9 Å². The minimum Gasteiger partial charge on any atom is -0.393 e. The van der Waals surface area contributed by atoms with Crippen LogP contribution in [0.2, 0.25) is 0 Å². The SMILES string of the molecule is Cc1cc(C)cc(NC(=O)NCC(C)(C)CC(C)O)c1. The number of carbonyl (C=O) groups is 1. The van der Waals surface area contributed by atoms with E-state index in [-0.39, 0.29) is 17.6 Å². The van der Waals surface area contributed by atoms with E-state index in [9.17, 15) is 9.90 Å². The second kappa shape index (κ2) is 6.75. The first-order valence-corrected chi connectivity index (χ1v) is 6.99. The fourth-order valence-electron chi connectivity index (χ4n) is 2.41. The molecule has 1 aromatic rings. The summed E-state index contributed by atoms with van der Waals surface area (Å²) in [7, 11) is 0. The first kappa shape index (κ1) is 16.5. The van der Waals surface area contributed by atoms with Gasteiger partial charge < -0.3 is 15.7 Å². The second-order valence-corrected chi connectivity index (χ2v) is 6.40. The summed E-state index contributed by atoms with van der Waals surface area (Å²) < 4.78 is 0. The highest BCUT2D eigenvalue weighted by molar-refractivity contribution is 5.89. The molecule has 1 unspecified atom stereocenters. The molecule has 1 atom stereocenters. The first-order valence-electron chi connectivity index (χ1n) is 6.99. The average Bonchev–Trinajstić information content (AvgIpc) is 2.23. The van der Waals surface area contributed by atoms with Crippen LogP contribution in [0, 0.1) is 19.3 Å². The van der Waals surface area contributed by atoms with Crippen LogP contribution in [0.15, 0.2) is 18.2 Å². The number of urea groups is 1. The third-order valence-corrected chi connectivity index (χ3v) is 3.06. The standard InChI is InChI=1S/C16H26N2O2/c1-11-6-12(2)8-14(7-11)18-15(20)17-10-16(4,5)9-13(3)19/h6-8,13,19H,9-10H2,1-5H3,(H2,17,18,20). The predicted molar refractivity (Wildman–Crippen MR) is 83.0 cm³/mol. The molecule has 0 aliphatic carbocycles. The van der Waals surface area contributed by atoms with E-state index in [1.807, 2.05) is 39.8 Å². The van der Waals surface area contributed by atoms with Crippen LogP contribution in [-0.4, -0.2) is 23.8 Å². The molecule has 0 saturated heterocycles. The van der Waals surface area contributed by atoms with Gasteiger partial charge in [-0.05, 0) is 55.9 Å². The normalized spacial score (nSPS) is 12.9. The molecule has 0 bridgehead atoms. The molecule has 0 fully saturated rings. The number of rotatable bonds is 5. The zero-order valence-electron chi connectivity index (χ0n) is 13.1. The Morgan fingerprint density at radius 3 is 2.30 bits per heavy atom. The number of carbonyl (C=O) groups excluding carboxylic acids is 1. The highest BCUT2D eigenvalue weighted by Gasteiger charge is 2.21. The van der Waals surface area contributed by atoms with Crippen LogP contribution in [-0.2, 0) is 0 Å². The van der Waals surface area contributed by atoms with Gasteiger partial charge in [-0.3, -0.25) is 0 Å². The van der Waals surface area contributed by atoms with Crippen LogP contribution in [0.4, 0.5) is 10.5 Å². The van der Waals surface area contributed by atoms with Crippen LogP contribution >= 0.6 is 0 Å². The highest BCUT2D eigenvalue weighted by Crippen LogP contribution is 2.21. The maximum absolute atomic E-state index is 11.9. The van der Waals surface area contributed by atoms with E-state index < -0.39 is 0 Å². The lowest BCUT2D eigenvalue weighted by atomic mass is 9.87. The Kier molecular flexibility index (Phi) is 5.57. The molecule has 0 radical (unpaired) electrons. The Bertz CT molecular complexity index is 447. The zero-order chi connectivity index (χ0) is 15.3. The van der Waals surface area contributed by atoms with Crippen LogP contribution in [0.25, 0.3) is 0 Å². The molecule has 0 spiro atoms. The van der Waals surface area contributed by atoms with E-state index >= 15 is 0 Å². The van der Waals surface area contributed by atoms with Crippen molar-refractivity contribution >= 4 is 11.7 Å². The molecule has 0 aromatic heterocycles. The van der Waals surface area contributed by atoms with E-state index in [0.717, 1.165) is 16.8 Å². The van der Waals surface area contributed by atoms with Gasteiger partial charge in [0.05, 0.1) is 6.10 Å². The lowest BCUT2D eigenvalue weighted by molar-refractivity contribution is 0.129. The predicted octanol–water partition coefficient (Wildman–Crippen LogP) is 3.22. The number of hydrogen-bond donors (Lipinski definition) is 3. The summed E-state index contributed by atoms with van der Waals surface area (Å²) in [4.78, 5) is 11.9. The quantitative estimate of drug-likeness (QED) is 0.774. The number of aryl methyl sites for hydroxylation is 2. The number of aliphatic hydroxyl groups excluding tert-OH is 1. The summed E-state index contributed by atoms with van der Waals surface area (Å²) in [5, 5.41) is 15.1. The van der Waals surface area contributed by atoms with E-state index in [2.05, 4.69) is 16.7 Å². The Morgan fingerprint density at radius 2 is 1.80 bits per heavy atom. The van der Waals surface area contributed by atoms with Gasteiger partial charge in [-0.1, -0.05) is 19.9 Å². The van der Waals surface area contributed by atoms with E-state index in [4.69, 9.17) is 0 Å². The lowest BCUT2D eigenvalue weighted by Gasteiger charge is -2.26. The van der Waals surface area contributed by atoms with Gasteiger partial charge >= 0.3 is 6.03 Å². The number of aliphatic hydroxyl groups is 1. The zero-order valence-corrected chi connectivity index (χ0v) is 13.1. The number of nitrogens with one attached hydrogen (secondary N) is 2. The van der Waals surface area contributed by atoms with Gasteiger partial charge in [-0.25, -0.2) is 4.79 Å².